The summed E-state index contributed by atoms with van der Waals surface area (Å²) in [5, 5.41) is 4.72. The molecule has 33 heavy (non-hydrogen) atoms. The van der Waals surface area contributed by atoms with Gasteiger partial charge < -0.3 is 0 Å². The normalized spacial score (nSPS) is 13.8. The third-order valence-electron chi connectivity index (χ3n) is 5.51. The Hall–Kier alpha value is -4.52. The lowest BCUT2D eigenvalue weighted by molar-refractivity contribution is -0.143. The first-order valence-electron chi connectivity index (χ1n) is 10.5. The molecule has 0 unspecified atom stereocenters. The first-order valence-corrected chi connectivity index (χ1v) is 10.5. The first kappa shape index (κ1) is 20.4. The van der Waals surface area contributed by atoms with Crippen molar-refractivity contribution in [2.75, 3.05) is 0 Å². The van der Waals surface area contributed by atoms with Crippen LogP contribution in [0.3, 0.4) is 0 Å². The summed E-state index contributed by atoms with van der Waals surface area (Å²) < 4.78 is 1.71. The van der Waals surface area contributed by atoms with Crippen LogP contribution in [0.1, 0.15) is 11.1 Å². The van der Waals surface area contributed by atoms with E-state index in [0.29, 0.717) is 11.3 Å². The van der Waals surface area contributed by atoms with Gasteiger partial charge in [-0.3, -0.25) is 19.4 Å². The van der Waals surface area contributed by atoms with Crippen molar-refractivity contribution in [3.05, 3.63) is 108 Å². The fourth-order valence-corrected chi connectivity index (χ4v) is 3.84. The summed E-state index contributed by atoms with van der Waals surface area (Å²) in [5.74, 6) is -1.65. The van der Waals surface area contributed by atoms with Crippen LogP contribution in [0.4, 0.5) is 4.79 Å². The molecule has 1 saturated heterocycles. The highest BCUT2D eigenvalue weighted by Crippen LogP contribution is 2.27. The van der Waals surface area contributed by atoms with E-state index >= 15 is 0 Å². The molecule has 5 rings (SSSR count). The molecule has 0 atom stereocenters. The third kappa shape index (κ3) is 3.92. The van der Waals surface area contributed by atoms with E-state index in [4.69, 9.17) is 5.10 Å². The quantitative estimate of drug-likeness (QED) is 0.338. The van der Waals surface area contributed by atoms with E-state index in [1.807, 2.05) is 91.0 Å². The van der Waals surface area contributed by atoms with Gasteiger partial charge in [0.2, 0.25) is 0 Å². The monoisotopic (exact) mass is 436 g/mol. The van der Waals surface area contributed by atoms with Gasteiger partial charge in [0.15, 0.2) is 0 Å². The summed E-state index contributed by atoms with van der Waals surface area (Å²) in [6.45, 7) is 0.00131. The molecule has 0 bridgehead atoms. The predicted molar refractivity (Wildman–Crippen MR) is 122 cm³/mol. The van der Waals surface area contributed by atoms with E-state index < -0.39 is 17.8 Å². The van der Waals surface area contributed by atoms with Crippen LogP contribution in [0.25, 0.3) is 16.9 Å². The molecule has 7 nitrogen and oxygen atoms in total. The Labute approximate surface area is 190 Å². The zero-order valence-electron chi connectivity index (χ0n) is 17.7. The van der Waals surface area contributed by atoms with Crippen LogP contribution in [-0.4, -0.2) is 37.4 Å². The van der Waals surface area contributed by atoms with Gasteiger partial charge in [-0.25, -0.2) is 9.48 Å². The van der Waals surface area contributed by atoms with Crippen molar-refractivity contribution in [2.45, 2.75) is 13.1 Å². The summed E-state index contributed by atoms with van der Waals surface area (Å²) in [4.78, 5) is 40.3. The molecular formula is C26H20N4O3. The SMILES string of the molecule is O=C1C(=O)N(Cc2cn(-c3ccccc3)nc2-c2ccccc2)C(=O)N1Cc1ccccc1. The highest BCUT2D eigenvalue weighted by molar-refractivity contribution is 6.44. The van der Waals surface area contributed by atoms with Gasteiger partial charge >= 0.3 is 17.8 Å². The first-order chi connectivity index (χ1) is 16.1. The van der Waals surface area contributed by atoms with Gasteiger partial charge in [0.1, 0.15) is 0 Å². The van der Waals surface area contributed by atoms with Gasteiger partial charge in [-0.05, 0) is 17.7 Å². The second-order valence-corrected chi connectivity index (χ2v) is 7.70. The Balaban J connectivity index is 1.48. The number of para-hydroxylation sites is 1. The van der Waals surface area contributed by atoms with Crippen molar-refractivity contribution in [3.8, 4) is 16.9 Å². The molecule has 1 aromatic heterocycles. The fraction of sp³-hybridized carbons (Fsp3) is 0.0769. The Bertz CT molecular complexity index is 1320. The third-order valence-corrected chi connectivity index (χ3v) is 5.51. The van der Waals surface area contributed by atoms with Crippen molar-refractivity contribution in [3.63, 3.8) is 0 Å². The molecular weight excluding hydrogens is 416 g/mol. The minimum absolute atomic E-state index is 0.0498. The van der Waals surface area contributed by atoms with Gasteiger partial charge in [-0.15, -0.1) is 0 Å². The molecule has 0 aliphatic carbocycles. The summed E-state index contributed by atoms with van der Waals surface area (Å²) in [6.07, 6.45) is 1.79. The average Bonchev–Trinajstić information content (AvgIpc) is 3.37. The molecule has 162 valence electrons. The Morgan fingerprint density at radius 2 is 1.18 bits per heavy atom. The number of benzene rings is 3. The topological polar surface area (TPSA) is 75.5 Å². The lowest BCUT2D eigenvalue weighted by Crippen LogP contribution is -2.32. The van der Waals surface area contributed by atoms with Crippen molar-refractivity contribution in [1.82, 2.24) is 19.6 Å². The van der Waals surface area contributed by atoms with Crippen LogP contribution in [0.5, 0.6) is 0 Å². The number of rotatable bonds is 6. The second-order valence-electron chi connectivity index (χ2n) is 7.70. The van der Waals surface area contributed by atoms with E-state index in [0.717, 1.165) is 26.6 Å². The van der Waals surface area contributed by atoms with Gasteiger partial charge in [-0.2, -0.15) is 5.10 Å². The lowest BCUT2D eigenvalue weighted by atomic mass is 10.1. The zero-order valence-corrected chi connectivity index (χ0v) is 17.7. The Kier molecular flexibility index (Phi) is 5.28. The predicted octanol–water partition coefficient (Wildman–Crippen LogP) is 4.03. The number of amides is 4. The average molecular weight is 436 g/mol. The van der Waals surface area contributed by atoms with E-state index in [1.54, 1.807) is 10.9 Å². The highest BCUT2D eigenvalue weighted by atomic mass is 16.2. The maximum absolute atomic E-state index is 13.0. The van der Waals surface area contributed by atoms with E-state index in [-0.39, 0.29) is 13.1 Å². The van der Waals surface area contributed by atoms with Gasteiger partial charge in [-0.1, -0.05) is 78.9 Å². The zero-order chi connectivity index (χ0) is 22.8. The van der Waals surface area contributed by atoms with Crippen LogP contribution < -0.4 is 0 Å². The molecule has 1 fully saturated rings. The molecule has 0 spiro atoms. The minimum atomic E-state index is -0.831. The van der Waals surface area contributed by atoms with Gasteiger partial charge in [0.05, 0.1) is 24.5 Å². The van der Waals surface area contributed by atoms with Crippen LogP contribution >= 0.6 is 0 Å². The van der Waals surface area contributed by atoms with Crippen LogP contribution in [-0.2, 0) is 22.7 Å². The van der Waals surface area contributed by atoms with Crippen molar-refractivity contribution in [1.29, 1.82) is 0 Å². The molecule has 1 aliphatic heterocycles. The smallest absolute Gasteiger partial charge is 0.263 e. The molecule has 4 amide bonds. The standard InChI is InChI=1S/C26H20N4O3/c31-24-25(32)29(26(33)28(24)16-19-10-4-1-5-11-19)17-21-18-30(22-14-8-3-9-15-22)27-23(21)20-12-6-2-7-13-20/h1-15,18H,16-17H2. The van der Waals surface area contributed by atoms with E-state index in [2.05, 4.69) is 0 Å². The number of aromatic nitrogens is 2. The van der Waals surface area contributed by atoms with Crippen LogP contribution in [0.2, 0.25) is 0 Å². The van der Waals surface area contributed by atoms with E-state index in [1.165, 1.54) is 0 Å². The number of hydrogen-bond acceptors (Lipinski definition) is 4. The summed E-state index contributed by atoms with van der Waals surface area (Å²) in [7, 11) is 0. The second kappa shape index (κ2) is 8.55. The Morgan fingerprint density at radius 3 is 1.82 bits per heavy atom. The maximum Gasteiger partial charge on any atom is 0.334 e. The summed E-state index contributed by atoms with van der Waals surface area (Å²) in [5.41, 5.74) is 3.79. The number of imide groups is 2. The number of nitrogens with zero attached hydrogens (tertiary/aromatic N) is 4. The van der Waals surface area contributed by atoms with Gasteiger partial charge in [0.25, 0.3) is 0 Å². The van der Waals surface area contributed by atoms with Crippen molar-refractivity contribution < 1.29 is 14.4 Å². The van der Waals surface area contributed by atoms with Gasteiger partial charge in [0, 0.05) is 17.3 Å². The summed E-state index contributed by atoms with van der Waals surface area (Å²) >= 11 is 0. The molecule has 2 heterocycles. The van der Waals surface area contributed by atoms with E-state index in [9.17, 15) is 14.4 Å². The van der Waals surface area contributed by atoms with Crippen molar-refractivity contribution in [2.24, 2.45) is 0 Å². The molecule has 1 aliphatic rings. The van der Waals surface area contributed by atoms with Crippen LogP contribution in [0, 0.1) is 0 Å². The molecule has 4 aromatic rings. The molecule has 3 aromatic carbocycles. The van der Waals surface area contributed by atoms with Crippen molar-refractivity contribution >= 4 is 17.8 Å². The van der Waals surface area contributed by atoms with Crippen LogP contribution in [0.15, 0.2) is 97.2 Å². The number of urea groups is 1. The number of carbonyl (C=O) groups excluding carboxylic acids is 3. The summed E-state index contributed by atoms with van der Waals surface area (Å²) in [6, 6.07) is 27.6. The molecule has 7 heteroatoms. The number of carbonyl (C=O) groups is 3. The number of hydrogen-bond donors (Lipinski definition) is 0. The molecule has 0 N–H and O–H groups in total. The molecule has 0 saturated carbocycles. The lowest BCUT2D eigenvalue weighted by Gasteiger charge is -2.15. The maximum atomic E-state index is 13.0. The minimum Gasteiger partial charge on any atom is -0.263 e. The highest BCUT2D eigenvalue weighted by Gasteiger charge is 2.44. The Morgan fingerprint density at radius 1 is 0.636 bits per heavy atom. The molecule has 0 radical (unpaired) electrons. The fourth-order valence-electron chi connectivity index (χ4n) is 3.84. The largest absolute Gasteiger partial charge is 0.334 e.